The van der Waals surface area contributed by atoms with Crippen LogP contribution < -0.4 is 10.0 Å². The highest BCUT2D eigenvalue weighted by Gasteiger charge is 2.12. The third-order valence-electron chi connectivity index (χ3n) is 3.21. The van der Waals surface area contributed by atoms with Crippen molar-refractivity contribution in [1.82, 2.24) is 4.72 Å². The molecular formula is C15H25ClN2O3S. The third kappa shape index (κ3) is 6.96. The van der Waals surface area contributed by atoms with Gasteiger partial charge in [-0.2, -0.15) is 0 Å². The highest BCUT2D eigenvalue weighted by atomic mass is 35.5. The molecule has 7 heteroatoms. The van der Waals surface area contributed by atoms with Crippen LogP contribution in [0.1, 0.15) is 32.6 Å². The van der Waals surface area contributed by atoms with Gasteiger partial charge in [0.25, 0.3) is 0 Å². The minimum Gasteiger partial charge on any atom is -0.390 e. The van der Waals surface area contributed by atoms with Crippen LogP contribution >= 0.6 is 11.6 Å². The molecule has 1 unspecified atom stereocenters. The molecule has 1 rings (SSSR count). The van der Waals surface area contributed by atoms with Gasteiger partial charge in [-0.05, 0) is 30.7 Å². The Morgan fingerprint density at radius 2 is 1.86 bits per heavy atom. The number of nitrogens with one attached hydrogen (secondary N) is 2. The lowest BCUT2D eigenvalue weighted by Crippen LogP contribution is -2.25. The van der Waals surface area contributed by atoms with Crippen molar-refractivity contribution in [2.24, 2.45) is 0 Å². The highest BCUT2D eigenvalue weighted by Crippen LogP contribution is 2.14. The summed E-state index contributed by atoms with van der Waals surface area (Å²) in [6, 6.07) is 6.44. The van der Waals surface area contributed by atoms with E-state index < -0.39 is 16.1 Å². The van der Waals surface area contributed by atoms with E-state index in [4.69, 9.17) is 11.6 Å². The van der Waals surface area contributed by atoms with E-state index in [1.165, 1.54) is 0 Å². The Morgan fingerprint density at radius 3 is 2.45 bits per heavy atom. The van der Waals surface area contributed by atoms with Crippen molar-refractivity contribution < 1.29 is 13.5 Å². The number of benzene rings is 1. The molecule has 0 spiro atoms. The van der Waals surface area contributed by atoms with Crippen LogP contribution in [0.5, 0.6) is 0 Å². The second-order valence-electron chi connectivity index (χ2n) is 5.17. The highest BCUT2D eigenvalue weighted by molar-refractivity contribution is 7.89. The predicted molar refractivity (Wildman–Crippen MR) is 91.0 cm³/mol. The quantitative estimate of drug-likeness (QED) is 0.424. The molecule has 0 aliphatic heterocycles. The molecule has 0 aliphatic rings. The summed E-state index contributed by atoms with van der Waals surface area (Å²) in [7, 11) is -3.45. The number of sulfonamides is 1. The molecule has 3 N–H and O–H groups in total. The molecule has 0 aromatic heterocycles. The summed E-state index contributed by atoms with van der Waals surface area (Å²) in [6.07, 6.45) is 3.50. The molecule has 1 aromatic rings. The van der Waals surface area contributed by atoms with Crippen molar-refractivity contribution in [2.45, 2.75) is 43.6 Å². The molecular weight excluding hydrogens is 324 g/mol. The second kappa shape index (κ2) is 10.0. The Balaban J connectivity index is 2.50. The number of alkyl halides is 1. The molecule has 0 bridgehead atoms. The summed E-state index contributed by atoms with van der Waals surface area (Å²) in [5, 5.41) is 12.4. The Hall–Kier alpha value is -0.820. The van der Waals surface area contributed by atoms with Crippen LogP contribution in [0.4, 0.5) is 5.69 Å². The van der Waals surface area contributed by atoms with Gasteiger partial charge >= 0.3 is 0 Å². The Labute approximate surface area is 138 Å². The van der Waals surface area contributed by atoms with E-state index in [9.17, 15) is 13.5 Å². The standard InChI is InChI=1S/C15H25ClN2O3S/c1-2-3-4-5-10-18-22(20,21)15-8-6-13(7-9-15)17-12-14(19)11-16/h6-9,14,17-19H,2-5,10-12H2,1H3. The van der Waals surface area contributed by atoms with Crippen molar-refractivity contribution >= 4 is 27.3 Å². The van der Waals surface area contributed by atoms with Crippen LogP contribution in [0.15, 0.2) is 29.2 Å². The van der Waals surface area contributed by atoms with Gasteiger partial charge in [0.1, 0.15) is 0 Å². The number of unbranched alkanes of at least 4 members (excludes halogenated alkanes) is 3. The molecule has 0 radical (unpaired) electrons. The number of rotatable bonds is 11. The van der Waals surface area contributed by atoms with E-state index in [0.717, 1.165) is 31.4 Å². The van der Waals surface area contributed by atoms with Gasteiger partial charge in [-0.1, -0.05) is 26.2 Å². The zero-order valence-electron chi connectivity index (χ0n) is 12.9. The average Bonchev–Trinajstić information content (AvgIpc) is 2.52. The number of aliphatic hydroxyl groups is 1. The van der Waals surface area contributed by atoms with Gasteiger partial charge in [-0.25, -0.2) is 13.1 Å². The van der Waals surface area contributed by atoms with Crippen molar-refractivity contribution in [3.63, 3.8) is 0 Å². The first-order valence-corrected chi connectivity index (χ1v) is 9.59. The van der Waals surface area contributed by atoms with Gasteiger partial charge < -0.3 is 10.4 Å². The molecule has 0 amide bonds. The largest absolute Gasteiger partial charge is 0.390 e. The molecule has 0 saturated carbocycles. The normalized spacial score (nSPS) is 13.0. The molecule has 0 heterocycles. The van der Waals surface area contributed by atoms with Crippen LogP contribution in [0.2, 0.25) is 0 Å². The lowest BCUT2D eigenvalue weighted by Gasteiger charge is -2.11. The van der Waals surface area contributed by atoms with Crippen LogP contribution in [0.3, 0.4) is 0 Å². The van der Waals surface area contributed by atoms with Crippen molar-refractivity contribution in [3.8, 4) is 0 Å². The number of halogens is 1. The van der Waals surface area contributed by atoms with Gasteiger partial charge in [0.15, 0.2) is 0 Å². The van der Waals surface area contributed by atoms with Gasteiger partial charge in [0.2, 0.25) is 10.0 Å². The van der Waals surface area contributed by atoms with Crippen LogP contribution in [0.25, 0.3) is 0 Å². The average molecular weight is 349 g/mol. The number of anilines is 1. The maximum Gasteiger partial charge on any atom is 0.240 e. The zero-order chi connectivity index (χ0) is 16.4. The maximum absolute atomic E-state index is 12.1. The lowest BCUT2D eigenvalue weighted by molar-refractivity contribution is 0.211. The van der Waals surface area contributed by atoms with Crippen molar-refractivity contribution in [2.75, 3.05) is 24.3 Å². The van der Waals surface area contributed by atoms with Crippen LogP contribution in [0, 0.1) is 0 Å². The van der Waals surface area contributed by atoms with E-state index in [2.05, 4.69) is 17.0 Å². The van der Waals surface area contributed by atoms with Gasteiger partial charge in [-0.15, -0.1) is 11.6 Å². The molecule has 0 fully saturated rings. The third-order valence-corrected chi connectivity index (χ3v) is 5.04. The van der Waals surface area contributed by atoms with Crippen molar-refractivity contribution in [3.05, 3.63) is 24.3 Å². The lowest BCUT2D eigenvalue weighted by atomic mass is 10.2. The fourth-order valence-electron chi connectivity index (χ4n) is 1.88. The van der Waals surface area contributed by atoms with E-state index in [1.807, 2.05) is 0 Å². The summed E-state index contributed by atoms with van der Waals surface area (Å²) >= 11 is 5.51. The van der Waals surface area contributed by atoms with E-state index >= 15 is 0 Å². The van der Waals surface area contributed by atoms with Crippen LogP contribution in [-0.4, -0.2) is 38.6 Å². The van der Waals surface area contributed by atoms with E-state index in [-0.39, 0.29) is 10.8 Å². The number of hydrogen-bond acceptors (Lipinski definition) is 4. The first-order chi connectivity index (χ1) is 10.5. The summed E-state index contributed by atoms with van der Waals surface area (Å²) < 4.78 is 26.8. The zero-order valence-corrected chi connectivity index (χ0v) is 14.5. The van der Waals surface area contributed by atoms with Gasteiger partial charge in [0, 0.05) is 18.8 Å². The van der Waals surface area contributed by atoms with E-state index in [0.29, 0.717) is 13.1 Å². The minimum absolute atomic E-state index is 0.154. The number of hydrogen-bond donors (Lipinski definition) is 3. The Bertz CT molecular complexity index is 520. The van der Waals surface area contributed by atoms with Crippen LogP contribution in [-0.2, 0) is 10.0 Å². The SMILES string of the molecule is CCCCCCNS(=O)(=O)c1ccc(NCC(O)CCl)cc1. The first kappa shape index (κ1) is 19.2. The van der Waals surface area contributed by atoms with Gasteiger partial charge in [0.05, 0.1) is 16.9 Å². The van der Waals surface area contributed by atoms with Gasteiger partial charge in [-0.3, -0.25) is 0 Å². The fraction of sp³-hybridized carbons (Fsp3) is 0.600. The molecule has 22 heavy (non-hydrogen) atoms. The summed E-state index contributed by atoms with van der Waals surface area (Å²) in [5.41, 5.74) is 0.742. The smallest absolute Gasteiger partial charge is 0.240 e. The predicted octanol–water partition coefficient (Wildman–Crippen LogP) is 2.56. The minimum atomic E-state index is -3.45. The maximum atomic E-state index is 12.1. The summed E-state index contributed by atoms with van der Waals surface area (Å²) in [4.78, 5) is 0.242. The van der Waals surface area contributed by atoms with Crippen molar-refractivity contribution in [1.29, 1.82) is 0 Å². The summed E-state index contributed by atoms with van der Waals surface area (Å²) in [5.74, 6) is 0.154. The molecule has 5 nitrogen and oxygen atoms in total. The topological polar surface area (TPSA) is 78.4 Å². The second-order valence-corrected chi connectivity index (χ2v) is 7.25. The molecule has 0 saturated heterocycles. The molecule has 1 aromatic carbocycles. The number of aliphatic hydroxyl groups excluding tert-OH is 1. The van der Waals surface area contributed by atoms with E-state index in [1.54, 1.807) is 24.3 Å². The summed E-state index contributed by atoms with van der Waals surface area (Å²) in [6.45, 7) is 2.90. The molecule has 126 valence electrons. The molecule has 1 atom stereocenters. The molecule has 0 aliphatic carbocycles. The first-order valence-electron chi connectivity index (χ1n) is 7.57. The Morgan fingerprint density at radius 1 is 1.18 bits per heavy atom. The fourth-order valence-corrected chi connectivity index (χ4v) is 3.07. The Kier molecular flexibility index (Phi) is 8.78. The monoisotopic (exact) mass is 348 g/mol.